The smallest absolute Gasteiger partial charge is 0.122 e. The first kappa shape index (κ1) is 18.2. The second-order valence-electron chi connectivity index (χ2n) is 5.42. The number of para-hydroxylation sites is 1. The molecule has 0 saturated heterocycles. The summed E-state index contributed by atoms with van der Waals surface area (Å²) in [7, 11) is 0. The molecule has 0 spiro atoms. The highest BCUT2D eigenvalue weighted by atomic mass is 127. The number of benzene rings is 2. The van der Waals surface area contributed by atoms with E-state index < -0.39 is 0 Å². The highest BCUT2D eigenvalue weighted by Gasteiger charge is 2.09. The van der Waals surface area contributed by atoms with Crippen LogP contribution in [0.3, 0.4) is 0 Å². The van der Waals surface area contributed by atoms with Crippen molar-refractivity contribution in [3.63, 3.8) is 0 Å². The molecule has 0 fully saturated rings. The number of rotatable bonds is 6. The van der Waals surface area contributed by atoms with E-state index in [1.807, 2.05) is 6.07 Å². The van der Waals surface area contributed by atoms with E-state index in [4.69, 9.17) is 17.0 Å². The van der Waals surface area contributed by atoms with Gasteiger partial charge in [0, 0.05) is 9.13 Å². The number of thiocarbonyl (C=S) groups is 1. The second kappa shape index (κ2) is 8.64. The molecule has 1 N–H and O–H groups in total. The van der Waals surface area contributed by atoms with Crippen LogP contribution in [0, 0.1) is 10.5 Å². The average Bonchev–Trinajstić information content (AvgIpc) is 2.56. The fourth-order valence-electron chi connectivity index (χ4n) is 2.31. The summed E-state index contributed by atoms with van der Waals surface area (Å²) in [6.45, 7) is 6.84. The van der Waals surface area contributed by atoms with Crippen molar-refractivity contribution in [2.24, 2.45) is 0 Å². The molecule has 2 aromatic carbocycles. The topological polar surface area (TPSA) is 21.3 Å². The fourth-order valence-corrected chi connectivity index (χ4v) is 3.10. The van der Waals surface area contributed by atoms with Gasteiger partial charge in [0.05, 0.1) is 10.7 Å². The lowest BCUT2D eigenvalue weighted by atomic mass is 10.1. The van der Waals surface area contributed by atoms with Crippen LogP contribution in [-0.2, 0) is 13.0 Å². The van der Waals surface area contributed by atoms with Crippen LogP contribution in [0.5, 0.6) is 5.75 Å². The SMILES string of the molecule is CCC(=S)Nc1c(I)cccc1COc1ccc(CC)cc1C. The highest BCUT2D eigenvalue weighted by molar-refractivity contribution is 14.1. The number of anilines is 1. The third-order valence-corrected chi connectivity index (χ3v) is 5.01. The van der Waals surface area contributed by atoms with E-state index >= 15 is 0 Å². The van der Waals surface area contributed by atoms with Gasteiger partial charge < -0.3 is 10.1 Å². The lowest BCUT2D eigenvalue weighted by Gasteiger charge is -2.16. The van der Waals surface area contributed by atoms with Gasteiger partial charge in [-0.25, -0.2) is 0 Å². The van der Waals surface area contributed by atoms with Crippen LogP contribution in [0.1, 0.15) is 37.0 Å². The average molecular weight is 439 g/mol. The number of ether oxygens (including phenoxy) is 1. The molecule has 0 aliphatic heterocycles. The molecule has 2 aromatic rings. The van der Waals surface area contributed by atoms with Crippen LogP contribution < -0.4 is 10.1 Å². The van der Waals surface area contributed by atoms with Crippen molar-refractivity contribution in [3.05, 3.63) is 56.7 Å². The molecule has 122 valence electrons. The third kappa shape index (κ3) is 4.91. The van der Waals surface area contributed by atoms with Crippen LogP contribution >= 0.6 is 34.8 Å². The summed E-state index contributed by atoms with van der Waals surface area (Å²) in [6, 6.07) is 12.6. The Morgan fingerprint density at radius 3 is 2.65 bits per heavy atom. The predicted octanol–water partition coefficient (Wildman–Crippen LogP) is 5.89. The molecule has 0 aliphatic carbocycles. The maximum atomic E-state index is 6.05. The van der Waals surface area contributed by atoms with Gasteiger partial charge >= 0.3 is 0 Å². The molecule has 2 rings (SSSR count). The standard InChI is InChI=1S/C19H22INOS/c1-4-14-9-10-17(13(3)11-14)22-12-15-7-6-8-16(20)19(15)21-18(23)5-2/h6-11H,4-5,12H2,1-3H3,(H,21,23). The van der Waals surface area contributed by atoms with E-state index in [1.54, 1.807) is 0 Å². The second-order valence-corrected chi connectivity index (χ2v) is 7.07. The molecule has 0 radical (unpaired) electrons. The molecule has 0 bridgehead atoms. The Kier molecular flexibility index (Phi) is 6.84. The maximum absolute atomic E-state index is 6.05. The summed E-state index contributed by atoms with van der Waals surface area (Å²) in [4.78, 5) is 0.846. The normalized spacial score (nSPS) is 10.4. The number of hydrogen-bond acceptors (Lipinski definition) is 2. The van der Waals surface area contributed by atoms with Gasteiger partial charge in [0.1, 0.15) is 12.4 Å². The zero-order chi connectivity index (χ0) is 16.8. The Bertz CT molecular complexity index is 700. The molecular formula is C19H22INOS. The number of halogens is 1. The Labute approximate surface area is 157 Å². The Morgan fingerprint density at radius 2 is 2.00 bits per heavy atom. The van der Waals surface area contributed by atoms with Gasteiger partial charge in [-0.3, -0.25) is 0 Å². The largest absolute Gasteiger partial charge is 0.489 e. The molecule has 4 heteroatoms. The van der Waals surface area contributed by atoms with Gasteiger partial charge in [-0.2, -0.15) is 0 Å². The molecule has 2 nitrogen and oxygen atoms in total. The van der Waals surface area contributed by atoms with Crippen LogP contribution in [0.25, 0.3) is 0 Å². The molecule has 23 heavy (non-hydrogen) atoms. The van der Waals surface area contributed by atoms with E-state index in [2.05, 4.69) is 79.0 Å². The minimum Gasteiger partial charge on any atom is -0.489 e. The molecule has 0 aromatic heterocycles. The number of aryl methyl sites for hydroxylation is 2. The van der Waals surface area contributed by atoms with Crippen molar-refractivity contribution < 1.29 is 4.74 Å². The van der Waals surface area contributed by atoms with Crippen LogP contribution in [0.4, 0.5) is 5.69 Å². The summed E-state index contributed by atoms with van der Waals surface area (Å²) in [6.07, 6.45) is 1.87. The zero-order valence-corrected chi connectivity index (χ0v) is 16.8. The van der Waals surface area contributed by atoms with Crippen LogP contribution in [-0.4, -0.2) is 4.99 Å². The highest BCUT2D eigenvalue weighted by Crippen LogP contribution is 2.26. The summed E-state index contributed by atoms with van der Waals surface area (Å²) >= 11 is 7.66. The van der Waals surface area contributed by atoms with Gasteiger partial charge in [-0.1, -0.05) is 50.3 Å². The van der Waals surface area contributed by atoms with Gasteiger partial charge in [0.25, 0.3) is 0 Å². The lowest BCUT2D eigenvalue weighted by Crippen LogP contribution is -2.11. The van der Waals surface area contributed by atoms with Crippen LogP contribution in [0.15, 0.2) is 36.4 Å². The Balaban J connectivity index is 2.17. The predicted molar refractivity (Wildman–Crippen MR) is 111 cm³/mol. The van der Waals surface area contributed by atoms with Crippen molar-refractivity contribution in [3.8, 4) is 5.75 Å². The lowest BCUT2D eigenvalue weighted by molar-refractivity contribution is 0.304. The van der Waals surface area contributed by atoms with E-state index in [1.165, 1.54) is 11.1 Å². The van der Waals surface area contributed by atoms with E-state index in [0.29, 0.717) is 6.61 Å². The van der Waals surface area contributed by atoms with Crippen molar-refractivity contribution >= 4 is 45.5 Å². The number of nitrogens with one attached hydrogen (secondary N) is 1. The molecule has 0 saturated carbocycles. The Morgan fingerprint density at radius 1 is 1.22 bits per heavy atom. The van der Waals surface area contributed by atoms with Gasteiger partial charge in [-0.05, 0) is 65.6 Å². The first-order chi connectivity index (χ1) is 11.0. The van der Waals surface area contributed by atoms with Gasteiger partial charge in [0.2, 0.25) is 0 Å². The minimum atomic E-state index is 0.526. The molecule has 0 aliphatic rings. The van der Waals surface area contributed by atoms with Crippen molar-refractivity contribution in [2.75, 3.05) is 5.32 Å². The van der Waals surface area contributed by atoms with E-state index in [-0.39, 0.29) is 0 Å². The first-order valence-corrected chi connectivity index (χ1v) is 9.33. The first-order valence-electron chi connectivity index (χ1n) is 7.84. The molecule has 0 atom stereocenters. The molecule has 0 heterocycles. The summed E-state index contributed by atoms with van der Waals surface area (Å²) in [5.41, 5.74) is 4.68. The van der Waals surface area contributed by atoms with Crippen molar-refractivity contribution in [1.82, 2.24) is 0 Å². The van der Waals surface area contributed by atoms with Crippen molar-refractivity contribution in [1.29, 1.82) is 0 Å². The van der Waals surface area contributed by atoms with Crippen molar-refractivity contribution in [2.45, 2.75) is 40.2 Å². The quantitative estimate of drug-likeness (QED) is 0.448. The molecule has 0 amide bonds. The summed E-state index contributed by atoms with van der Waals surface area (Å²) in [5.74, 6) is 0.935. The summed E-state index contributed by atoms with van der Waals surface area (Å²) < 4.78 is 7.20. The third-order valence-electron chi connectivity index (χ3n) is 3.72. The molecular weight excluding hydrogens is 417 g/mol. The van der Waals surface area contributed by atoms with E-state index in [9.17, 15) is 0 Å². The molecule has 0 unspecified atom stereocenters. The van der Waals surface area contributed by atoms with Gasteiger partial charge in [-0.15, -0.1) is 0 Å². The minimum absolute atomic E-state index is 0.526. The van der Waals surface area contributed by atoms with Crippen LogP contribution in [0.2, 0.25) is 0 Å². The maximum Gasteiger partial charge on any atom is 0.122 e. The van der Waals surface area contributed by atoms with Gasteiger partial charge in [0.15, 0.2) is 0 Å². The van der Waals surface area contributed by atoms with E-state index in [0.717, 1.165) is 38.4 Å². The Hall–Kier alpha value is -1.14. The monoisotopic (exact) mass is 439 g/mol. The summed E-state index contributed by atoms with van der Waals surface area (Å²) in [5, 5.41) is 3.34. The number of hydrogen-bond donors (Lipinski definition) is 1. The zero-order valence-electron chi connectivity index (χ0n) is 13.8. The fraction of sp³-hybridized carbons (Fsp3) is 0.316.